The summed E-state index contributed by atoms with van der Waals surface area (Å²) in [6.07, 6.45) is 0.634. The minimum Gasteiger partial charge on any atom is -0.467 e. The van der Waals surface area contributed by atoms with Gasteiger partial charge in [0.25, 0.3) is 5.91 Å². The van der Waals surface area contributed by atoms with Crippen molar-refractivity contribution in [3.8, 4) is 5.75 Å². The largest absolute Gasteiger partial charge is 0.467 e. The van der Waals surface area contributed by atoms with Gasteiger partial charge in [-0.05, 0) is 61.3 Å². The molecular weight excluding hydrogens is 400 g/mol. The third kappa shape index (κ3) is 2.86. The molecular formula is C23H20N2O2S2. The van der Waals surface area contributed by atoms with Crippen LogP contribution in [0.25, 0.3) is 0 Å². The summed E-state index contributed by atoms with van der Waals surface area (Å²) >= 11 is 7.37. The first kappa shape index (κ1) is 18.3. The quantitative estimate of drug-likeness (QED) is 0.509. The lowest BCUT2D eigenvalue weighted by Gasteiger charge is -2.55. The molecule has 1 saturated heterocycles. The van der Waals surface area contributed by atoms with Crippen LogP contribution >= 0.6 is 23.6 Å². The molecule has 0 N–H and O–H groups in total. The van der Waals surface area contributed by atoms with Crippen molar-refractivity contribution in [2.45, 2.75) is 32.0 Å². The summed E-state index contributed by atoms with van der Waals surface area (Å²) in [6, 6.07) is 19.7. The van der Waals surface area contributed by atoms with Crippen LogP contribution in [0.2, 0.25) is 0 Å². The molecule has 0 saturated carbocycles. The fourth-order valence-electron chi connectivity index (χ4n) is 4.30. The molecule has 29 heavy (non-hydrogen) atoms. The zero-order valence-corrected chi connectivity index (χ0v) is 17.8. The number of nitrogens with zero attached hydrogens (tertiary/aromatic N) is 2. The first-order valence-corrected chi connectivity index (χ1v) is 10.8. The molecule has 0 radical (unpaired) electrons. The topological polar surface area (TPSA) is 32.8 Å². The van der Waals surface area contributed by atoms with Crippen LogP contribution < -0.4 is 9.64 Å². The van der Waals surface area contributed by atoms with Crippen molar-refractivity contribution in [1.29, 1.82) is 0 Å². The molecule has 6 heteroatoms. The van der Waals surface area contributed by atoms with E-state index in [0.29, 0.717) is 16.4 Å². The predicted octanol–water partition coefficient (Wildman–Crippen LogP) is 5.54. The first-order chi connectivity index (χ1) is 14.0. The highest BCUT2D eigenvalue weighted by molar-refractivity contribution is 7.80. The lowest BCUT2D eigenvalue weighted by Crippen LogP contribution is -2.67. The number of thiocarbonyl (C=S) groups is 1. The van der Waals surface area contributed by atoms with Gasteiger partial charge in [-0.25, -0.2) is 0 Å². The van der Waals surface area contributed by atoms with Gasteiger partial charge in [-0.15, -0.1) is 11.3 Å². The Balaban J connectivity index is 1.69. The Labute approximate surface area is 179 Å². The number of fused-ring (bicyclic) bond motifs is 4. The Morgan fingerprint density at radius 2 is 2.00 bits per heavy atom. The maximum atomic E-state index is 13.5. The molecule has 4 nitrogen and oxygen atoms in total. The van der Waals surface area contributed by atoms with Gasteiger partial charge in [-0.2, -0.15) is 0 Å². The molecule has 1 fully saturated rings. The van der Waals surface area contributed by atoms with Crippen molar-refractivity contribution in [2.75, 3.05) is 4.90 Å². The Hall–Kier alpha value is -2.70. The van der Waals surface area contributed by atoms with Crippen molar-refractivity contribution in [1.82, 2.24) is 4.90 Å². The van der Waals surface area contributed by atoms with Gasteiger partial charge in [0.2, 0.25) is 0 Å². The van der Waals surface area contributed by atoms with Gasteiger partial charge >= 0.3 is 0 Å². The van der Waals surface area contributed by atoms with Crippen molar-refractivity contribution in [3.05, 3.63) is 82.0 Å². The number of carbonyl (C=O) groups excluding carboxylic acids is 1. The number of carbonyl (C=O) groups is 1. The molecule has 1 aromatic heterocycles. The zero-order valence-electron chi connectivity index (χ0n) is 16.2. The average Bonchev–Trinajstić information content (AvgIpc) is 3.22. The van der Waals surface area contributed by atoms with E-state index in [4.69, 9.17) is 17.0 Å². The molecule has 0 aliphatic carbocycles. The van der Waals surface area contributed by atoms with E-state index in [9.17, 15) is 4.79 Å². The van der Waals surface area contributed by atoms with Crippen molar-refractivity contribution in [3.63, 3.8) is 0 Å². The molecule has 3 heterocycles. The van der Waals surface area contributed by atoms with E-state index < -0.39 is 5.72 Å². The normalized spacial score (nSPS) is 22.8. The van der Waals surface area contributed by atoms with Crippen molar-refractivity contribution < 1.29 is 9.53 Å². The van der Waals surface area contributed by atoms with Gasteiger partial charge in [0.15, 0.2) is 10.8 Å². The van der Waals surface area contributed by atoms with E-state index >= 15 is 0 Å². The van der Waals surface area contributed by atoms with Crippen LogP contribution in [0, 0.1) is 6.92 Å². The number of thiophene rings is 1. The number of hydrogen-bond acceptors (Lipinski definition) is 4. The number of anilines is 1. The number of ether oxygens (including phenoxy) is 1. The van der Waals surface area contributed by atoms with Crippen LogP contribution in [0.3, 0.4) is 0 Å². The molecule has 146 valence electrons. The SMILES string of the molecule is Cc1cccc(N2C(=S)N(C(=O)c3cccs3)[C@H]3C[C@@]2(C)Oc2ccccc23)c1. The predicted molar refractivity (Wildman–Crippen MR) is 120 cm³/mol. The summed E-state index contributed by atoms with van der Waals surface area (Å²) < 4.78 is 6.49. The third-order valence-electron chi connectivity index (χ3n) is 5.57. The summed E-state index contributed by atoms with van der Waals surface area (Å²) in [5, 5.41) is 2.39. The zero-order chi connectivity index (χ0) is 20.2. The third-order valence-corrected chi connectivity index (χ3v) is 6.81. The summed E-state index contributed by atoms with van der Waals surface area (Å²) in [4.78, 5) is 18.0. The Kier molecular flexibility index (Phi) is 4.22. The van der Waals surface area contributed by atoms with E-state index in [1.165, 1.54) is 11.3 Å². The summed E-state index contributed by atoms with van der Waals surface area (Å²) in [7, 11) is 0. The maximum absolute atomic E-state index is 13.5. The molecule has 0 spiro atoms. The minimum absolute atomic E-state index is 0.0635. The number of rotatable bonds is 2. The lowest BCUT2D eigenvalue weighted by molar-refractivity contribution is 0.0185. The maximum Gasteiger partial charge on any atom is 0.270 e. The molecule has 3 aromatic rings. The standard InChI is InChI=1S/C23H20N2O2S2/c1-15-7-5-8-16(13-15)25-22(28)24(21(26)20-11-6-12-29-20)18-14-23(25,2)27-19-10-4-3-9-17(18)19/h3-13,18H,14H2,1-2H3/t18-,23+/m0/s1. The van der Waals surface area contributed by atoms with Gasteiger partial charge in [-0.1, -0.05) is 36.4 Å². The number of amides is 1. The van der Waals surface area contributed by atoms with Crippen molar-refractivity contribution >= 4 is 40.3 Å². The second kappa shape index (κ2) is 6.68. The molecule has 5 rings (SSSR count). The Morgan fingerprint density at radius 1 is 1.17 bits per heavy atom. The van der Waals surface area contributed by atoms with Crippen LogP contribution in [-0.2, 0) is 0 Å². The first-order valence-electron chi connectivity index (χ1n) is 9.54. The fourth-order valence-corrected chi connectivity index (χ4v) is 5.47. The number of para-hydroxylation sites is 1. The second-order valence-corrected chi connectivity index (χ2v) is 8.96. The van der Waals surface area contributed by atoms with Crippen molar-refractivity contribution in [2.24, 2.45) is 0 Å². The Bertz CT molecular complexity index is 1110. The fraction of sp³-hybridized carbons (Fsp3) is 0.217. The van der Waals surface area contributed by atoms with Gasteiger partial charge < -0.3 is 4.74 Å². The summed E-state index contributed by atoms with van der Waals surface area (Å²) in [6.45, 7) is 4.10. The summed E-state index contributed by atoms with van der Waals surface area (Å²) in [5.74, 6) is 0.738. The molecule has 2 atom stereocenters. The molecule has 2 aliphatic rings. The van der Waals surface area contributed by atoms with Crippen LogP contribution in [0.5, 0.6) is 5.75 Å². The second-order valence-electron chi connectivity index (χ2n) is 7.64. The smallest absolute Gasteiger partial charge is 0.270 e. The van der Waals surface area contributed by atoms with Crippen LogP contribution in [0.4, 0.5) is 5.69 Å². The summed E-state index contributed by atoms with van der Waals surface area (Å²) in [5.41, 5.74) is 2.39. The highest BCUT2D eigenvalue weighted by Gasteiger charge is 2.53. The molecule has 2 bridgehead atoms. The van der Waals surface area contributed by atoms with E-state index in [-0.39, 0.29) is 11.9 Å². The number of benzene rings is 2. The molecule has 0 unspecified atom stereocenters. The van der Waals surface area contributed by atoms with E-state index in [1.807, 2.05) is 71.8 Å². The van der Waals surface area contributed by atoms with Gasteiger partial charge in [0.05, 0.1) is 10.9 Å². The van der Waals surface area contributed by atoms with Crippen LogP contribution in [0.1, 0.15) is 40.2 Å². The molecule has 2 aromatic carbocycles. The van der Waals surface area contributed by atoms with E-state index in [0.717, 1.165) is 22.6 Å². The Morgan fingerprint density at radius 3 is 2.76 bits per heavy atom. The lowest BCUT2D eigenvalue weighted by atomic mass is 9.88. The highest BCUT2D eigenvalue weighted by atomic mass is 32.1. The number of hydrogen-bond donors (Lipinski definition) is 0. The van der Waals surface area contributed by atoms with Gasteiger partial charge in [0, 0.05) is 17.7 Å². The molecule has 1 amide bonds. The van der Waals surface area contributed by atoms with Crippen LogP contribution in [0.15, 0.2) is 66.0 Å². The number of aryl methyl sites for hydroxylation is 1. The van der Waals surface area contributed by atoms with Gasteiger partial charge in [-0.3, -0.25) is 14.6 Å². The van der Waals surface area contributed by atoms with Crippen LogP contribution in [-0.4, -0.2) is 21.6 Å². The van der Waals surface area contributed by atoms with E-state index in [2.05, 4.69) is 13.0 Å². The molecule has 2 aliphatic heterocycles. The average molecular weight is 421 g/mol. The van der Waals surface area contributed by atoms with Gasteiger partial charge in [0.1, 0.15) is 5.75 Å². The highest BCUT2D eigenvalue weighted by Crippen LogP contribution is 2.49. The minimum atomic E-state index is -0.671. The monoisotopic (exact) mass is 420 g/mol. The van der Waals surface area contributed by atoms with E-state index in [1.54, 1.807) is 4.90 Å².